The number of hydrogen-bond donors (Lipinski definition) is 2. The van der Waals surface area contributed by atoms with Gasteiger partial charge in [0.05, 0.1) is 21.1 Å². The van der Waals surface area contributed by atoms with Gasteiger partial charge >= 0.3 is 0 Å². The van der Waals surface area contributed by atoms with Gasteiger partial charge in [0.1, 0.15) is 17.5 Å². The smallest absolute Gasteiger partial charge is 0.135 e. The normalized spacial score (nSPS) is 9.44. The standard InChI is InChI=1S/C9H13NO.CH3NO2.HI/c1-10(2,3)8-5-4-6-9(11)7-8;2-1(3)4;/h4-7H,1-3H3;2H2,(H,3,4);1H. The predicted molar refractivity (Wildman–Crippen MR) is 72.7 cm³/mol. The van der Waals surface area contributed by atoms with Crippen molar-refractivity contribution in [1.29, 1.82) is 0 Å². The Bertz CT molecular complexity index is 333. The fraction of sp³-hybridized carbons (Fsp3) is 0.300. The summed E-state index contributed by atoms with van der Waals surface area (Å²) in [4.78, 5) is 8.67. The van der Waals surface area contributed by atoms with E-state index in [0.29, 0.717) is 5.75 Å². The first kappa shape index (κ1) is 17.4. The molecule has 6 heteroatoms. The van der Waals surface area contributed by atoms with Crippen LogP contribution in [-0.2, 0) is 0 Å². The average Bonchev–Trinajstić information content (AvgIpc) is 2.01. The number of amides is 1. The number of nitrogens with two attached hydrogens (primary N) is 1. The second-order valence-corrected chi connectivity index (χ2v) is 3.85. The largest absolute Gasteiger partial charge is 0.530 e. The number of hydrogen-bond acceptors (Lipinski definition) is 3. The SMILES string of the molecule is C[N+](C)(C)c1cccc(O)c1.I.NC(=O)[O-]. The quantitative estimate of drug-likeness (QED) is 0.576. The third kappa shape index (κ3) is 8.30. The number of nitrogens with zero attached hydrogens (tertiary/aromatic N) is 1. The highest BCUT2D eigenvalue weighted by atomic mass is 127. The van der Waals surface area contributed by atoms with Crippen LogP contribution in [0, 0.1) is 0 Å². The van der Waals surface area contributed by atoms with Crippen molar-refractivity contribution in [3.8, 4) is 5.75 Å². The van der Waals surface area contributed by atoms with Gasteiger partial charge in [0.2, 0.25) is 0 Å². The highest BCUT2D eigenvalue weighted by Crippen LogP contribution is 2.21. The third-order valence-corrected chi connectivity index (χ3v) is 1.60. The molecule has 1 aromatic carbocycles. The van der Waals surface area contributed by atoms with Gasteiger partial charge in [0, 0.05) is 6.07 Å². The van der Waals surface area contributed by atoms with Crippen molar-refractivity contribution in [1.82, 2.24) is 4.48 Å². The summed E-state index contributed by atoms with van der Waals surface area (Å²) in [5.41, 5.74) is 5.02. The Morgan fingerprint density at radius 1 is 1.38 bits per heavy atom. The molecule has 0 aliphatic rings. The van der Waals surface area contributed by atoms with E-state index >= 15 is 0 Å². The van der Waals surface area contributed by atoms with Gasteiger partial charge < -0.3 is 20.7 Å². The number of halogens is 1. The summed E-state index contributed by atoms with van der Waals surface area (Å²) in [6.45, 7) is 0. The zero-order chi connectivity index (χ0) is 12.1. The summed E-state index contributed by atoms with van der Waals surface area (Å²) >= 11 is 0. The van der Waals surface area contributed by atoms with Gasteiger partial charge in [-0.3, -0.25) is 4.48 Å². The van der Waals surface area contributed by atoms with Crippen LogP contribution in [0.5, 0.6) is 5.75 Å². The molecule has 0 spiro atoms. The Balaban J connectivity index is 0. The van der Waals surface area contributed by atoms with Crippen molar-refractivity contribution in [2.24, 2.45) is 5.73 Å². The molecule has 0 heterocycles. The first-order valence-corrected chi connectivity index (χ1v) is 4.31. The zero-order valence-corrected chi connectivity index (χ0v) is 11.8. The van der Waals surface area contributed by atoms with Gasteiger partial charge in [-0.15, -0.1) is 24.0 Å². The lowest BCUT2D eigenvalue weighted by atomic mass is 10.2. The molecule has 0 bridgehead atoms. The number of carbonyl (C=O) groups is 1. The van der Waals surface area contributed by atoms with Crippen LogP contribution in [0.15, 0.2) is 24.3 Å². The Hall–Kier alpha value is -1.02. The van der Waals surface area contributed by atoms with Crippen molar-refractivity contribution in [2.75, 3.05) is 21.1 Å². The molecule has 16 heavy (non-hydrogen) atoms. The number of rotatable bonds is 1. The van der Waals surface area contributed by atoms with E-state index in [2.05, 4.69) is 26.9 Å². The van der Waals surface area contributed by atoms with Crippen LogP contribution in [0.3, 0.4) is 0 Å². The van der Waals surface area contributed by atoms with E-state index in [1.807, 2.05) is 12.1 Å². The van der Waals surface area contributed by atoms with E-state index < -0.39 is 6.09 Å². The molecule has 0 aliphatic carbocycles. The molecule has 92 valence electrons. The molecule has 0 saturated heterocycles. The maximum atomic E-state index is 9.17. The number of aromatic hydroxyl groups is 1. The van der Waals surface area contributed by atoms with Gasteiger partial charge in [-0.05, 0) is 12.1 Å². The lowest BCUT2D eigenvalue weighted by Crippen LogP contribution is -2.34. The number of carbonyl (C=O) groups excluding carboxylic acids is 1. The maximum Gasteiger partial charge on any atom is 0.135 e. The summed E-state index contributed by atoms with van der Waals surface area (Å²) in [5, 5.41) is 17.8. The van der Waals surface area contributed by atoms with Gasteiger partial charge in [0.25, 0.3) is 0 Å². The first-order valence-electron chi connectivity index (χ1n) is 4.31. The van der Waals surface area contributed by atoms with E-state index in [1.54, 1.807) is 12.1 Å². The number of benzene rings is 1. The van der Waals surface area contributed by atoms with E-state index in [4.69, 9.17) is 15.0 Å². The first-order chi connectivity index (χ1) is 6.73. The van der Waals surface area contributed by atoms with Crippen LogP contribution >= 0.6 is 24.0 Å². The molecule has 5 nitrogen and oxygen atoms in total. The minimum atomic E-state index is -1.58. The predicted octanol–water partition coefficient (Wildman–Crippen LogP) is 0.495. The Kier molecular flexibility index (Phi) is 7.91. The number of primary amides is 1. The van der Waals surface area contributed by atoms with Crippen LogP contribution in [-0.4, -0.2) is 32.3 Å². The van der Waals surface area contributed by atoms with Crippen LogP contribution in [0.1, 0.15) is 0 Å². The van der Waals surface area contributed by atoms with E-state index in [0.717, 1.165) is 10.2 Å². The summed E-state index contributed by atoms with van der Waals surface area (Å²) in [7, 11) is 6.19. The topological polar surface area (TPSA) is 86.4 Å². The molecule has 1 amide bonds. The monoisotopic (exact) mass is 340 g/mol. The molecule has 0 unspecified atom stereocenters. The van der Waals surface area contributed by atoms with E-state index in [1.165, 1.54) is 0 Å². The zero-order valence-electron chi connectivity index (χ0n) is 9.51. The Morgan fingerprint density at radius 2 is 1.81 bits per heavy atom. The lowest BCUT2D eigenvalue weighted by Gasteiger charge is -2.23. The Labute approximate surface area is 112 Å². The number of carboxylic acid groups (broad SMARTS) is 1. The van der Waals surface area contributed by atoms with E-state index in [-0.39, 0.29) is 24.0 Å². The van der Waals surface area contributed by atoms with Crippen molar-refractivity contribution in [3.05, 3.63) is 24.3 Å². The molecule has 0 radical (unpaired) electrons. The van der Waals surface area contributed by atoms with Gasteiger partial charge in [-0.1, -0.05) is 6.07 Å². The Morgan fingerprint density at radius 3 is 2.06 bits per heavy atom. The lowest BCUT2D eigenvalue weighted by molar-refractivity contribution is -0.245. The molecule has 0 aromatic heterocycles. The second-order valence-electron chi connectivity index (χ2n) is 3.85. The molecule has 0 fully saturated rings. The third-order valence-electron chi connectivity index (χ3n) is 1.60. The second kappa shape index (κ2) is 7.29. The molecule has 0 saturated carbocycles. The van der Waals surface area contributed by atoms with Crippen LogP contribution in [0.25, 0.3) is 0 Å². The molecule has 0 aliphatic heterocycles. The van der Waals surface area contributed by atoms with Gasteiger partial charge in [-0.2, -0.15) is 0 Å². The average molecular weight is 340 g/mol. The van der Waals surface area contributed by atoms with Gasteiger partial charge in [0.15, 0.2) is 0 Å². The summed E-state index contributed by atoms with van der Waals surface area (Å²) < 4.78 is 0.731. The van der Waals surface area contributed by atoms with Crippen molar-refractivity contribution in [3.63, 3.8) is 0 Å². The number of phenols is 1. The fourth-order valence-electron chi connectivity index (χ4n) is 0.910. The minimum Gasteiger partial charge on any atom is -0.530 e. The molecular formula is C10H17IN2O3. The molecule has 1 rings (SSSR count). The van der Waals surface area contributed by atoms with Crippen molar-refractivity contribution < 1.29 is 15.0 Å². The van der Waals surface area contributed by atoms with Gasteiger partial charge in [-0.25, -0.2) is 0 Å². The maximum absolute atomic E-state index is 9.17. The van der Waals surface area contributed by atoms with E-state index in [9.17, 15) is 0 Å². The summed E-state index contributed by atoms with van der Waals surface area (Å²) in [6.07, 6.45) is -1.58. The van der Waals surface area contributed by atoms with Crippen LogP contribution < -0.4 is 15.3 Å². The number of quaternary nitrogens is 1. The van der Waals surface area contributed by atoms with Crippen LogP contribution in [0.4, 0.5) is 10.5 Å². The van der Waals surface area contributed by atoms with Crippen molar-refractivity contribution >= 4 is 35.8 Å². The highest BCUT2D eigenvalue weighted by molar-refractivity contribution is 14.0. The molecule has 0 atom stereocenters. The summed E-state index contributed by atoms with van der Waals surface area (Å²) in [5.74, 6) is 0.329. The van der Waals surface area contributed by atoms with Crippen LogP contribution in [0.2, 0.25) is 0 Å². The molecular weight excluding hydrogens is 323 g/mol. The fourth-order valence-corrected chi connectivity index (χ4v) is 0.910. The number of phenolic OH excluding ortho intramolecular Hbond substituents is 1. The van der Waals surface area contributed by atoms with Crippen molar-refractivity contribution in [2.45, 2.75) is 0 Å². The highest BCUT2D eigenvalue weighted by Gasteiger charge is 2.11. The summed E-state index contributed by atoms with van der Waals surface area (Å²) in [6, 6.07) is 7.31. The molecule has 1 aromatic rings. The minimum absolute atomic E-state index is 0. The molecule has 3 N–H and O–H groups in total.